The zero-order valence-electron chi connectivity index (χ0n) is 15.4. The number of aromatic nitrogens is 1. The summed E-state index contributed by atoms with van der Waals surface area (Å²) in [5.41, 5.74) is 0.521. The molecule has 0 aliphatic rings. The topological polar surface area (TPSA) is 84.7 Å². The molecule has 0 bridgehead atoms. The number of amides is 2. The summed E-state index contributed by atoms with van der Waals surface area (Å²) in [7, 11) is 1.57. The zero-order valence-corrected chi connectivity index (χ0v) is 15.4. The van der Waals surface area contributed by atoms with Crippen LogP contribution >= 0.6 is 0 Å². The average molecular weight is 359 g/mol. The van der Waals surface area contributed by atoms with Crippen LogP contribution in [-0.2, 0) is 4.79 Å². The van der Waals surface area contributed by atoms with E-state index in [4.69, 9.17) is 9.26 Å². The number of ether oxygens (including phenoxy) is 1. The molecule has 1 heterocycles. The summed E-state index contributed by atoms with van der Waals surface area (Å²) in [6.45, 7) is 4.31. The molecular formula is C19H25N3O4. The first-order valence-corrected chi connectivity index (χ1v) is 8.70. The van der Waals surface area contributed by atoms with Crippen molar-refractivity contribution in [1.82, 2.24) is 10.1 Å². The number of hydrogen-bond donors (Lipinski definition) is 1. The van der Waals surface area contributed by atoms with Crippen LogP contribution in [-0.4, -0.2) is 42.1 Å². The van der Waals surface area contributed by atoms with Crippen LogP contribution in [0.1, 0.15) is 42.3 Å². The Bertz CT molecular complexity index is 725. The van der Waals surface area contributed by atoms with E-state index in [1.807, 2.05) is 0 Å². The normalized spacial score (nSPS) is 10.4. The maximum Gasteiger partial charge on any atom is 0.254 e. The molecule has 0 saturated heterocycles. The molecule has 0 atom stereocenters. The standard InChI is InChI=1S/C19H25N3O4/c1-4-5-6-11-22(13-18(23)20-17-12-14(2)26-21-17)19(24)15-7-9-16(25-3)10-8-15/h7-10,12H,4-6,11,13H2,1-3H3,(H,20,21,23). The summed E-state index contributed by atoms with van der Waals surface area (Å²) in [6, 6.07) is 8.50. The molecule has 0 aliphatic carbocycles. The zero-order chi connectivity index (χ0) is 18.9. The maximum absolute atomic E-state index is 12.8. The van der Waals surface area contributed by atoms with E-state index in [2.05, 4.69) is 17.4 Å². The van der Waals surface area contributed by atoms with Crippen LogP contribution in [0.4, 0.5) is 5.82 Å². The third kappa shape index (κ3) is 5.61. The van der Waals surface area contributed by atoms with Gasteiger partial charge in [0.2, 0.25) is 5.91 Å². The average Bonchev–Trinajstić information content (AvgIpc) is 3.05. The molecule has 7 nitrogen and oxygen atoms in total. The maximum atomic E-state index is 12.8. The Hall–Kier alpha value is -2.83. The fourth-order valence-electron chi connectivity index (χ4n) is 2.50. The molecule has 26 heavy (non-hydrogen) atoms. The number of aryl methyl sites for hydroxylation is 1. The Balaban J connectivity index is 2.05. The molecule has 140 valence electrons. The lowest BCUT2D eigenvalue weighted by Crippen LogP contribution is -2.38. The highest BCUT2D eigenvalue weighted by Gasteiger charge is 2.19. The minimum atomic E-state index is -0.309. The van der Waals surface area contributed by atoms with Gasteiger partial charge in [-0.05, 0) is 37.6 Å². The van der Waals surface area contributed by atoms with Gasteiger partial charge in [0.25, 0.3) is 5.91 Å². The van der Waals surface area contributed by atoms with Crippen molar-refractivity contribution in [2.24, 2.45) is 0 Å². The van der Waals surface area contributed by atoms with Gasteiger partial charge in [-0.25, -0.2) is 0 Å². The summed E-state index contributed by atoms with van der Waals surface area (Å²) >= 11 is 0. The first-order chi connectivity index (χ1) is 12.5. The van der Waals surface area contributed by atoms with Gasteiger partial charge in [-0.1, -0.05) is 24.9 Å². The van der Waals surface area contributed by atoms with E-state index in [1.54, 1.807) is 49.3 Å². The van der Waals surface area contributed by atoms with Gasteiger partial charge in [-0.3, -0.25) is 9.59 Å². The molecule has 1 N–H and O–H groups in total. The lowest BCUT2D eigenvalue weighted by atomic mass is 10.1. The third-order valence-electron chi connectivity index (χ3n) is 3.89. The highest BCUT2D eigenvalue weighted by Crippen LogP contribution is 2.14. The molecule has 0 aliphatic heterocycles. The Kier molecular flexibility index (Phi) is 7.20. The predicted octanol–water partition coefficient (Wildman–Crippen LogP) is 3.26. The van der Waals surface area contributed by atoms with Crippen LogP contribution in [0.25, 0.3) is 0 Å². The van der Waals surface area contributed by atoms with Crippen LogP contribution in [0.15, 0.2) is 34.9 Å². The largest absolute Gasteiger partial charge is 0.497 e. The lowest BCUT2D eigenvalue weighted by molar-refractivity contribution is -0.117. The van der Waals surface area contributed by atoms with Crippen LogP contribution in [0.3, 0.4) is 0 Å². The Morgan fingerprint density at radius 2 is 1.96 bits per heavy atom. The van der Waals surface area contributed by atoms with Crippen LogP contribution < -0.4 is 10.1 Å². The van der Waals surface area contributed by atoms with E-state index in [9.17, 15) is 9.59 Å². The number of anilines is 1. The highest BCUT2D eigenvalue weighted by molar-refractivity contribution is 5.99. The summed E-state index contributed by atoms with van der Waals surface area (Å²) < 4.78 is 10.0. The van der Waals surface area contributed by atoms with Gasteiger partial charge in [0.1, 0.15) is 18.1 Å². The number of carbonyl (C=O) groups is 2. The SMILES string of the molecule is CCCCCN(CC(=O)Nc1cc(C)on1)C(=O)c1ccc(OC)cc1. The van der Waals surface area contributed by atoms with Gasteiger partial charge in [0.05, 0.1) is 7.11 Å². The third-order valence-corrected chi connectivity index (χ3v) is 3.89. The number of nitrogens with one attached hydrogen (secondary N) is 1. The Labute approximate surface area is 153 Å². The molecule has 0 fully saturated rings. The Morgan fingerprint density at radius 1 is 1.23 bits per heavy atom. The minimum absolute atomic E-state index is 0.0412. The molecule has 0 spiro atoms. The fourth-order valence-corrected chi connectivity index (χ4v) is 2.50. The smallest absolute Gasteiger partial charge is 0.254 e. The monoisotopic (exact) mass is 359 g/mol. The molecule has 2 amide bonds. The summed E-state index contributed by atoms with van der Waals surface area (Å²) in [5, 5.41) is 6.39. The number of hydrogen-bond acceptors (Lipinski definition) is 5. The second-order valence-electron chi connectivity index (χ2n) is 6.03. The Morgan fingerprint density at radius 3 is 2.54 bits per heavy atom. The molecule has 0 saturated carbocycles. The molecule has 1 aromatic heterocycles. The van der Waals surface area contributed by atoms with E-state index in [0.717, 1.165) is 19.3 Å². The quantitative estimate of drug-likeness (QED) is 0.695. The molecule has 0 radical (unpaired) electrons. The van der Waals surface area contributed by atoms with Crippen molar-refractivity contribution in [2.75, 3.05) is 25.5 Å². The number of carbonyl (C=O) groups excluding carboxylic acids is 2. The van der Waals surface area contributed by atoms with Crippen LogP contribution in [0, 0.1) is 6.92 Å². The molecule has 2 aromatic rings. The van der Waals surface area contributed by atoms with Crippen molar-refractivity contribution in [3.05, 3.63) is 41.7 Å². The van der Waals surface area contributed by atoms with Gasteiger partial charge in [-0.2, -0.15) is 0 Å². The van der Waals surface area contributed by atoms with Crippen molar-refractivity contribution in [1.29, 1.82) is 0 Å². The van der Waals surface area contributed by atoms with Gasteiger partial charge in [0.15, 0.2) is 5.82 Å². The number of methoxy groups -OCH3 is 1. The fraction of sp³-hybridized carbons (Fsp3) is 0.421. The number of rotatable bonds is 9. The van der Waals surface area contributed by atoms with Gasteiger partial charge in [0, 0.05) is 18.2 Å². The minimum Gasteiger partial charge on any atom is -0.497 e. The number of unbranched alkanes of at least 4 members (excludes halogenated alkanes) is 2. The van der Waals surface area contributed by atoms with E-state index in [-0.39, 0.29) is 18.4 Å². The second-order valence-corrected chi connectivity index (χ2v) is 6.03. The lowest BCUT2D eigenvalue weighted by Gasteiger charge is -2.22. The number of nitrogens with zero attached hydrogens (tertiary/aromatic N) is 2. The van der Waals surface area contributed by atoms with E-state index < -0.39 is 0 Å². The highest BCUT2D eigenvalue weighted by atomic mass is 16.5. The summed E-state index contributed by atoms with van der Waals surface area (Å²) in [5.74, 6) is 1.14. The molecule has 7 heteroatoms. The van der Waals surface area contributed by atoms with E-state index >= 15 is 0 Å². The van der Waals surface area contributed by atoms with Gasteiger partial charge >= 0.3 is 0 Å². The van der Waals surface area contributed by atoms with Crippen molar-refractivity contribution < 1.29 is 18.8 Å². The predicted molar refractivity (Wildman–Crippen MR) is 98.3 cm³/mol. The van der Waals surface area contributed by atoms with Crippen LogP contribution in [0.5, 0.6) is 5.75 Å². The number of benzene rings is 1. The molecule has 1 aromatic carbocycles. The first-order valence-electron chi connectivity index (χ1n) is 8.70. The van der Waals surface area contributed by atoms with Crippen molar-refractivity contribution >= 4 is 17.6 Å². The summed E-state index contributed by atoms with van der Waals surface area (Å²) in [4.78, 5) is 26.7. The molecule has 0 unspecified atom stereocenters. The molecule has 2 rings (SSSR count). The van der Waals surface area contributed by atoms with Crippen molar-refractivity contribution in [3.8, 4) is 5.75 Å². The second kappa shape index (κ2) is 9.60. The van der Waals surface area contributed by atoms with Crippen LogP contribution in [0.2, 0.25) is 0 Å². The first kappa shape index (κ1) is 19.5. The van der Waals surface area contributed by atoms with Gasteiger partial charge < -0.3 is 19.5 Å². The van der Waals surface area contributed by atoms with Crippen molar-refractivity contribution in [2.45, 2.75) is 33.1 Å². The molecular weight excluding hydrogens is 334 g/mol. The summed E-state index contributed by atoms with van der Waals surface area (Å²) in [6.07, 6.45) is 2.88. The van der Waals surface area contributed by atoms with E-state index in [1.165, 1.54) is 0 Å². The van der Waals surface area contributed by atoms with E-state index in [0.29, 0.717) is 29.4 Å². The van der Waals surface area contributed by atoms with Gasteiger partial charge in [-0.15, -0.1) is 0 Å². The van der Waals surface area contributed by atoms with Crippen molar-refractivity contribution in [3.63, 3.8) is 0 Å².